The maximum absolute atomic E-state index is 12.0. The van der Waals surface area contributed by atoms with Crippen LogP contribution in [0.3, 0.4) is 0 Å². The average Bonchev–Trinajstić information content (AvgIpc) is 3.51. The van der Waals surface area contributed by atoms with E-state index in [2.05, 4.69) is 34.6 Å². The summed E-state index contributed by atoms with van der Waals surface area (Å²) < 4.78 is 42.0. The van der Waals surface area contributed by atoms with Gasteiger partial charge in [-0.1, -0.05) is 98.8 Å². The van der Waals surface area contributed by atoms with Crippen LogP contribution in [0.5, 0.6) is 0 Å². The Hall–Kier alpha value is 0.200. The maximum atomic E-state index is 12.0. The number of carbonyl (C=O) groups is 3. The van der Waals surface area contributed by atoms with E-state index in [0.29, 0.717) is 42.9 Å². The quantitative estimate of drug-likeness (QED) is 0.0338. The SMILES string of the molecule is CCCCCCCCOC(=O)CC(C(=O)OCCCCCCCC)S(=O)(=O)O.C[C@H](CCC(=O)O)[C@H]1CC[C@H]2[C@@H]3[C@H](O)C[C@@H]4C[C@H](O)CC[C@]4(C)[C@H]3C[C@H](O)[C@]12C.[NaH].[NaH]. The van der Waals surface area contributed by atoms with E-state index in [1.807, 2.05) is 0 Å². The monoisotopic (exact) mass is 879 g/mol. The molecule has 0 saturated heterocycles. The third kappa shape index (κ3) is 16.3. The van der Waals surface area contributed by atoms with Gasteiger partial charge in [-0.25, -0.2) is 0 Å². The standard InChI is InChI=1S/C24H40O5.C20H38O7S.2Na.2H/c1-13(4-7-21(28)29)16-5-6-17-22-18(12-20(27)24(16,17)3)23(2)9-8-15(25)10-14(23)11-19(22)26;1-3-5-7-9-11-13-15-26-19(21)17-18(28(23,24)25)20(22)27-16-14-12-10-8-6-4-2;;;;/h13-20,22,25-27H,4-12H2,1-3H3,(H,28,29);18H,3-17H2,1-2H3,(H,23,24,25);;;;/t13-,14+,15-,16-,17+,18+,19-,20+,22+,23+,24-;;;;;/m1...../s1. The summed E-state index contributed by atoms with van der Waals surface area (Å²) >= 11 is 0. The van der Waals surface area contributed by atoms with E-state index in [1.54, 1.807) is 0 Å². The number of hydrogen-bond donors (Lipinski definition) is 5. The molecule has 0 aromatic rings. The first kappa shape index (κ1) is 57.2. The topological polar surface area (TPSA) is 205 Å². The van der Waals surface area contributed by atoms with Crippen LogP contribution in [0.4, 0.5) is 0 Å². The van der Waals surface area contributed by atoms with Crippen molar-refractivity contribution in [1.29, 1.82) is 0 Å². The Labute approximate surface area is 400 Å². The molecule has 0 radical (unpaired) electrons. The first-order chi connectivity index (χ1) is 26.9. The summed E-state index contributed by atoms with van der Waals surface area (Å²) in [5, 5.41) is 40.1. The second kappa shape index (κ2) is 27.5. The van der Waals surface area contributed by atoms with Crippen molar-refractivity contribution in [1.82, 2.24) is 0 Å². The number of aliphatic carboxylic acids is 1. The molecule has 4 rings (SSSR count). The van der Waals surface area contributed by atoms with E-state index >= 15 is 0 Å². The zero-order chi connectivity index (χ0) is 42.4. The number of carboxylic acids is 1. The number of rotatable bonds is 22. The van der Waals surface area contributed by atoms with Gasteiger partial charge < -0.3 is 29.9 Å². The fourth-order valence-corrected chi connectivity index (χ4v) is 12.1. The second-order valence-corrected chi connectivity index (χ2v) is 20.2. The minimum absolute atomic E-state index is 0. The predicted molar refractivity (Wildman–Crippen MR) is 233 cm³/mol. The number of aliphatic hydroxyl groups excluding tert-OH is 3. The third-order valence-corrected chi connectivity index (χ3v) is 15.9. The van der Waals surface area contributed by atoms with Crippen LogP contribution in [0.2, 0.25) is 0 Å². The van der Waals surface area contributed by atoms with Gasteiger partial charge in [0.2, 0.25) is 0 Å². The molecule has 1 unspecified atom stereocenters. The van der Waals surface area contributed by atoms with Gasteiger partial charge in [0, 0.05) is 6.42 Å². The van der Waals surface area contributed by atoms with Crippen LogP contribution in [-0.4, -0.2) is 147 Å². The second-order valence-electron chi connectivity index (χ2n) is 18.6. The fourth-order valence-electron chi connectivity index (χ4n) is 11.4. The van der Waals surface area contributed by atoms with Gasteiger partial charge in [-0.05, 0) is 111 Å². The molecule has 0 bridgehead atoms. The van der Waals surface area contributed by atoms with Gasteiger partial charge >= 0.3 is 77.0 Å². The minimum atomic E-state index is -4.73. The number of carboxylic acid groups (broad SMARTS) is 1. The van der Waals surface area contributed by atoms with Crippen molar-refractivity contribution in [3.63, 3.8) is 0 Å². The molecule has 0 heterocycles. The number of esters is 2. The molecule has 4 saturated carbocycles. The van der Waals surface area contributed by atoms with E-state index in [-0.39, 0.29) is 114 Å². The number of ether oxygens (including phenoxy) is 2. The van der Waals surface area contributed by atoms with Crippen LogP contribution < -0.4 is 0 Å². The zero-order valence-electron chi connectivity index (χ0n) is 35.7. The van der Waals surface area contributed by atoms with E-state index < -0.39 is 45.8 Å². The molecule has 5 N–H and O–H groups in total. The van der Waals surface area contributed by atoms with Crippen LogP contribution in [-0.2, 0) is 34.0 Å². The van der Waals surface area contributed by atoms with Gasteiger partial charge in [-0.3, -0.25) is 18.9 Å². The Morgan fingerprint density at radius 3 is 1.88 bits per heavy atom. The Morgan fingerprint density at radius 1 is 0.763 bits per heavy atom. The normalized spacial score (nSPS) is 31.9. The van der Waals surface area contributed by atoms with Crippen LogP contribution in [0, 0.1) is 46.3 Å². The van der Waals surface area contributed by atoms with Crippen LogP contribution >= 0.6 is 0 Å². The summed E-state index contributed by atoms with van der Waals surface area (Å²) in [5.74, 6) is -0.933. The van der Waals surface area contributed by atoms with Crippen molar-refractivity contribution in [2.45, 2.75) is 199 Å². The molecule has 0 aromatic carbocycles. The molecule has 0 aromatic heterocycles. The number of hydrogen-bond acceptors (Lipinski definition) is 10. The molecule has 12 nitrogen and oxygen atoms in total. The van der Waals surface area contributed by atoms with Crippen molar-refractivity contribution < 1.29 is 57.3 Å². The van der Waals surface area contributed by atoms with Gasteiger partial charge in [0.1, 0.15) is 0 Å². The van der Waals surface area contributed by atoms with Gasteiger partial charge in [0.15, 0.2) is 5.25 Å². The Kier molecular flexibility index (Phi) is 26.7. The number of aliphatic hydroxyl groups is 3. The molecule has 0 aliphatic heterocycles. The number of unbranched alkanes of at least 4 members (excludes halogenated alkanes) is 10. The summed E-state index contributed by atoms with van der Waals surface area (Å²) in [6.07, 6.45) is 17.3. The number of fused-ring (bicyclic) bond motifs is 5. The van der Waals surface area contributed by atoms with Crippen molar-refractivity contribution in [3.8, 4) is 0 Å². The molecule has 12 atom stereocenters. The molecule has 4 aliphatic carbocycles. The van der Waals surface area contributed by atoms with Gasteiger partial charge in [0.05, 0.1) is 37.9 Å². The molecule has 4 aliphatic rings. The molecule has 59 heavy (non-hydrogen) atoms. The third-order valence-electron chi connectivity index (χ3n) is 14.8. The van der Waals surface area contributed by atoms with Crippen molar-refractivity contribution in [3.05, 3.63) is 0 Å². The van der Waals surface area contributed by atoms with Gasteiger partial charge in [0.25, 0.3) is 10.1 Å². The first-order valence-corrected chi connectivity index (χ1v) is 24.0. The average molecular weight is 879 g/mol. The molecule has 0 spiro atoms. The fraction of sp³-hybridized carbons (Fsp3) is 0.932. The summed E-state index contributed by atoms with van der Waals surface area (Å²) in [4.78, 5) is 34.8. The van der Waals surface area contributed by atoms with Crippen molar-refractivity contribution in [2.24, 2.45) is 46.3 Å². The van der Waals surface area contributed by atoms with Gasteiger partial charge in [-0.2, -0.15) is 8.42 Å². The molecule has 4 fully saturated rings. The molecular weight excluding hydrogens is 799 g/mol. The van der Waals surface area contributed by atoms with Crippen molar-refractivity contribution >= 4 is 87.1 Å². The van der Waals surface area contributed by atoms with Crippen LogP contribution in [0.25, 0.3) is 0 Å². The van der Waals surface area contributed by atoms with E-state index in [0.717, 1.165) is 103 Å². The first-order valence-electron chi connectivity index (χ1n) is 22.5. The molecule has 0 amide bonds. The summed E-state index contributed by atoms with van der Waals surface area (Å²) in [5.41, 5.74) is -0.143. The van der Waals surface area contributed by atoms with E-state index in [4.69, 9.17) is 14.6 Å². The Balaban J connectivity index is 0.000000572. The predicted octanol–water partition coefficient (Wildman–Crippen LogP) is 6.59. The Bertz CT molecular complexity index is 1370. The van der Waals surface area contributed by atoms with E-state index in [1.165, 1.54) is 6.42 Å². The number of carbonyl (C=O) groups excluding carboxylic acids is 2. The summed E-state index contributed by atoms with van der Waals surface area (Å²) in [7, 11) is -4.73. The summed E-state index contributed by atoms with van der Waals surface area (Å²) in [6, 6.07) is 0. The van der Waals surface area contributed by atoms with Crippen LogP contribution in [0.15, 0.2) is 0 Å². The zero-order valence-corrected chi connectivity index (χ0v) is 36.6. The van der Waals surface area contributed by atoms with E-state index in [9.17, 15) is 42.7 Å². The molecule has 336 valence electrons. The Morgan fingerprint density at radius 2 is 1.32 bits per heavy atom. The molecular formula is C44H80Na2O12S. The molecule has 15 heteroatoms. The van der Waals surface area contributed by atoms with Gasteiger partial charge in [-0.15, -0.1) is 0 Å². The summed E-state index contributed by atoms with van der Waals surface area (Å²) in [6.45, 7) is 11.2. The van der Waals surface area contributed by atoms with Crippen molar-refractivity contribution in [2.75, 3.05) is 13.2 Å². The van der Waals surface area contributed by atoms with Crippen LogP contribution in [0.1, 0.15) is 176 Å².